The van der Waals surface area contributed by atoms with Crippen molar-refractivity contribution in [2.24, 2.45) is 0 Å². The second-order valence-electron chi connectivity index (χ2n) is 6.82. The number of H-pyrrole nitrogens is 1. The highest BCUT2D eigenvalue weighted by Crippen LogP contribution is 2.33. The summed E-state index contributed by atoms with van der Waals surface area (Å²) in [6.07, 6.45) is 4.43. The molecule has 0 unspecified atom stereocenters. The first kappa shape index (κ1) is 18.0. The third kappa shape index (κ3) is 3.54. The number of nitrogens with one attached hydrogen (secondary N) is 1. The van der Waals surface area contributed by atoms with E-state index in [2.05, 4.69) is 9.88 Å². The van der Waals surface area contributed by atoms with Gasteiger partial charge in [0.15, 0.2) is 0 Å². The molecule has 0 amide bonds. The van der Waals surface area contributed by atoms with E-state index in [-0.39, 0.29) is 5.56 Å². The molecule has 1 aromatic carbocycles. The monoisotopic (exact) mass is 407 g/mol. The van der Waals surface area contributed by atoms with Crippen LogP contribution in [0.5, 0.6) is 0 Å². The lowest BCUT2D eigenvalue weighted by atomic mass is 9.97. The van der Waals surface area contributed by atoms with Crippen LogP contribution in [0.25, 0.3) is 10.2 Å². The number of benzene rings is 1. The molecule has 26 heavy (non-hydrogen) atoms. The van der Waals surface area contributed by atoms with Crippen molar-refractivity contribution in [3.05, 3.63) is 60.4 Å². The van der Waals surface area contributed by atoms with E-state index in [1.54, 1.807) is 17.4 Å². The molecule has 1 N–H and O–H groups in total. The smallest absolute Gasteiger partial charge is 0.259 e. The Hall–Kier alpha value is -1.40. The van der Waals surface area contributed by atoms with E-state index in [0.717, 1.165) is 35.0 Å². The Bertz CT molecular complexity index is 1030. The second-order valence-corrected chi connectivity index (χ2v) is 8.72. The SMILES string of the molecule is CN(Cc1ccc(Cl)c(Cl)c1)Cc1nc2sc3c(c2c(=O)[nH]1)CCCC3. The minimum atomic E-state index is -0.00710. The van der Waals surface area contributed by atoms with Gasteiger partial charge in [-0.2, -0.15) is 0 Å². The summed E-state index contributed by atoms with van der Waals surface area (Å²) in [5.41, 5.74) is 2.28. The molecule has 4 nitrogen and oxygen atoms in total. The number of halogens is 2. The standard InChI is InChI=1S/C19H19Cl2N3OS/c1-24(9-11-6-7-13(20)14(21)8-11)10-16-22-18(25)17-12-4-2-3-5-15(12)26-19(17)23-16/h6-8H,2-5,9-10H2,1H3,(H,22,23,25). The number of rotatable bonds is 4. The topological polar surface area (TPSA) is 49.0 Å². The van der Waals surface area contributed by atoms with E-state index >= 15 is 0 Å². The van der Waals surface area contributed by atoms with Crippen LogP contribution in [0.3, 0.4) is 0 Å². The third-order valence-electron chi connectivity index (χ3n) is 4.73. The Morgan fingerprint density at radius 3 is 2.81 bits per heavy atom. The molecular formula is C19H19Cl2N3OS. The lowest BCUT2D eigenvalue weighted by Gasteiger charge is -2.16. The largest absolute Gasteiger partial charge is 0.309 e. The molecule has 0 radical (unpaired) electrons. The quantitative estimate of drug-likeness (QED) is 0.675. The van der Waals surface area contributed by atoms with Crippen LogP contribution in [0.4, 0.5) is 0 Å². The van der Waals surface area contributed by atoms with Crippen LogP contribution >= 0.6 is 34.5 Å². The zero-order chi connectivity index (χ0) is 18.3. The number of hydrogen-bond acceptors (Lipinski definition) is 4. The number of aromatic amines is 1. The van der Waals surface area contributed by atoms with Crippen LogP contribution < -0.4 is 5.56 Å². The summed E-state index contributed by atoms with van der Waals surface area (Å²) < 4.78 is 0. The van der Waals surface area contributed by atoms with Crippen LogP contribution in [0.1, 0.15) is 34.7 Å². The lowest BCUT2D eigenvalue weighted by Crippen LogP contribution is -2.22. The fraction of sp³-hybridized carbons (Fsp3) is 0.368. The van der Waals surface area contributed by atoms with E-state index in [1.165, 1.54) is 16.9 Å². The number of hydrogen-bond donors (Lipinski definition) is 1. The van der Waals surface area contributed by atoms with Gasteiger partial charge in [-0.1, -0.05) is 29.3 Å². The van der Waals surface area contributed by atoms with E-state index < -0.39 is 0 Å². The van der Waals surface area contributed by atoms with Crippen LogP contribution in [0.2, 0.25) is 10.0 Å². The molecule has 0 spiro atoms. The average molecular weight is 408 g/mol. The summed E-state index contributed by atoms with van der Waals surface area (Å²) >= 11 is 13.7. The normalized spacial score (nSPS) is 14.2. The average Bonchev–Trinajstić information content (AvgIpc) is 2.96. The lowest BCUT2D eigenvalue weighted by molar-refractivity contribution is 0.311. The molecule has 0 saturated carbocycles. The summed E-state index contributed by atoms with van der Waals surface area (Å²) in [5.74, 6) is 0.698. The fourth-order valence-corrected chi connectivity index (χ4v) is 5.15. The van der Waals surface area contributed by atoms with Crippen molar-refractivity contribution in [3.8, 4) is 0 Å². The van der Waals surface area contributed by atoms with Crippen molar-refractivity contribution in [1.29, 1.82) is 0 Å². The minimum absolute atomic E-state index is 0.00710. The van der Waals surface area contributed by atoms with Gasteiger partial charge >= 0.3 is 0 Å². The second kappa shape index (κ2) is 7.31. The molecule has 1 aliphatic rings. The zero-order valence-corrected chi connectivity index (χ0v) is 16.8. The molecule has 2 aromatic heterocycles. The molecule has 1 aliphatic carbocycles. The summed E-state index contributed by atoms with van der Waals surface area (Å²) in [5, 5.41) is 1.91. The van der Waals surface area contributed by atoms with Gasteiger partial charge in [0.05, 0.1) is 22.0 Å². The Kier molecular flexibility index (Phi) is 5.06. The van der Waals surface area contributed by atoms with Crippen molar-refractivity contribution < 1.29 is 0 Å². The maximum absolute atomic E-state index is 12.6. The molecule has 136 valence electrons. The van der Waals surface area contributed by atoms with E-state index in [4.69, 9.17) is 28.2 Å². The van der Waals surface area contributed by atoms with Gasteiger partial charge in [-0.3, -0.25) is 9.69 Å². The molecule has 0 saturated heterocycles. The van der Waals surface area contributed by atoms with Crippen LogP contribution in [-0.2, 0) is 25.9 Å². The highest BCUT2D eigenvalue weighted by molar-refractivity contribution is 7.18. The maximum atomic E-state index is 12.6. The van der Waals surface area contributed by atoms with Crippen molar-refractivity contribution >= 4 is 44.8 Å². The molecule has 7 heteroatoms. The van der Waals surface area contributed by atoms with Crippen LogP contribution in [0.15, 0.2) is 23.0 Å². The number of fused-ring (bicyclic) bond motifs is 3. The molecule has 0 atom stereocenters. The van der Waals surface area contributed by atoms with Gasteiger partial charge in [-0.05, 0) is 56.0 Å². The predicted octanol–water partition coefficient (Wildman–Crippen LogP) is 4.80. The predicted molar refractivity (Wildman–Crippen MR) is 109 cm³/mol. The van der Waals surface area contributed by atoms with Gasteiger partial charge in [0.2, 0.25) is 0 Å². The minimum Gasteiger partial charge on any atom is -0.309 e. The number of nitrogens with zero attached hydrogens (tertiary/aromatic N) is 2. The van der Waals surface area contributed by atoms with Crippen LogP contribution in [-0.4, -0.2) is 21.9 Å². The Morgan fingerprint density at radius 1 is 1.19 bits per heavy atom. The van der Waals surface area contributed by atoms with Crippen molar-refractivity contribution in [2.45, 2.75) is 38.8 Å². The van der Waals surface area contributed by atoms with Crippen LogP contribution in [0, 0.1) is 0 Å². The van der Waals surface area contributed by atoms with Gasteiger partial charge in [0.25, 0.3) is 5.56 Å². The first-order valence-electron chi connectivity index (χ1n) is 8.67. The highest BCUT2D eigenvalue weighted by Gasteiger charge is 2.20. The van der Waals surface area contributed by atoms with Crippen molar-refractivity contribution in [2.75, 3.05) is 7.05 Å². The molecule has 3 aromatic rings. The Balaban J connectivity index is 1.56. The molecular weight excluding hydrogens is 389 g/mol. The Labute approximate surface area is 165 Å². The van der Waals surface area contributed by atoms with E-state index in [9.17, 15) is 4.79 Å². The summed E-state index contributed by atoms with van der Waals surface area (Å²) in [6.45, 7) is 1.26. The molecule has 0 fully saturated rings. The number of aryl methyl sites for hydroxylation is 2. The third-order valence-corrected chi connectivity index (χ3v) is 6.66. The van der Waals surface area contributed by atoms with Gasteiger partial charge in [-0.25, -0.2) is 4.98 Å². The molecule has 0 aliphatic heterocycles. The van der Waals surface area contributed by atoms with E-state index in [1.807, 2.05) is 19.2 Å². The van der Waals surface area contributed by atoms with E-state index in [0.29, 0.717) is 29.0 Å². The van der Waals surface area contributed by atoms with Gasteiger partial charge in [0.1, 0.15) is 10.7 Å². The maximum Gasteiger partial charge on any atom is 0.259 e. The summed E-state index contributed by atoms with van der Waals surface area (Å²) in [4.78, 5) is 24.6. The van der Waals surface area contributed by atoms with Gasteiger partial charge < -0.3 is 4.98 Å². The van der Waals surface area contributed by atoms with Gasteiger partial charge in [0, 0.05) is 11.4 Å². The molecule has 4 rings (SSSR count). The highest BCUT2D eigenvalue weighted by atomic mass is 35.5. The summed E-state index contributed by atoms with van der Waals surface area (Å²) in [7, 11) is 1.99. The molecule has 0 bridgehead atoms. The number of thiophene rings is 1. The first-order chi connectivity index (χ1) is 12.5. The van der Waals surface area contributed by atoms with Crippen molar-refractivity contribution in [3.63, 3.8) is 0 Å². The van der Waals surface area contributed by atoms with Crippen molar-refractivity contribution in [1.82, 2.24) is 14.9 Å². The van der Waals surface area contributed by atoms with Gasteiger partial charge in [-0.15, -0.1) is 11.3 Å². The zero-order valence-electron chi connectivity index (χ0n) is 14.4. The number of aromatic nitrogens is 2. The molecule has 2 heterocycles. The Morgan fingerprint density at radius 2 is 2.00 bits per heavy atom. The summed E-state index contributed by atoms with van der Waals surface area (Å²) in [6, 6.07) is 5.62. The first-order valence-corrected chi connectivity index (χ1v) is 10.2. The fourth-order valence-electron chi connectivity index (χ4n) is 3.54.